The van der Waals surface area contributed by atoms with Crippen molar-refractivity contribution in [2.24, 2.45) is 0 Å². The highest BCUT2D eigenvalue weighted by molar-refractivity contribution is 8.00. The van der Waals surface area contributed by atoms with Gasteiger partial charge in [0, 0.05) is 32.3 Å². The lowest BCUT2D eigenvalue weighted by Gasteiger charge is -2.43. The van der Waals surface area contributed by atoms with Crippen molar-refractivity contribution in [1.29, 1.82) is 0 Å². The quantitative estimate of drug-likeness (QED) is 0.0789. The van der Waals surface area contributed by atoms with Gasteiger partial charge in [0.2, 0.25) is 6.71 Å². The fourth-order valence-electron chi connectivity index (χ4n) is 16.1. The fourth-order valence-corrected chi connectivity index (χ4v) is 27.2. The van der Waals surface area contributed by atoms with E-state index < -0.39 is 52.4 Å². The molecule has 0 saturated carbocycles. The summed E-state index contributed by atoms with van der Waals surface area (Å²) < 4.78 is 91.5. The molecule has 0 atom stereocenters. The smallest absolute Gasteiger partial charge is 0.249 e. The fraction of sp³-hybridized carbons (Fsp3) is 0.0816. The Balaban J connectivity index is 1.05. The zero-order valence-corrected chi connectivity index (χ0v) is 61.3. The molecule has 17 rings (SSSR count). The van der Waals surface area contributed by atoms with E-state index in [0.29, 0.717) is 11.1 Å². The van der Waals surface area contributed by atoms with Crippen LogP contribution in [-0.2, 0) is 10.8 Å². The van der Waals surface area contributed by atoms with E-state index >= 15 is 0 Å². The van der Waals surface area contributed by atoms with Crippen LogP contribution in [0.3, 0.4) is 0 Å². The van der Waals surface area contributed by atoms with Gasteiger partial charge in [-0.2, -0.15) is 0 Å². The van der Waals surface area contributed by atoms with E-state index in [4.69, 9.17) is 8.22 Å². The summed E-state index contributed by atoms with van der Waals surface area (Å²) in [6.07, 6.45) is 0. The first-order chi connectivity index (χ1) is 54.5. The van der Waals surface area contributed by atoms with Crippen LogP contribution in [-0.4, -0.2) is 22.9 Å². The molecule has 0 amide bonds. The number of hydrogen-bond acceptors (Lipinski definition) is 2. The molecule has 15 aromatic carbocycles. The Hall–Kier alpha value is -11.1. The van der Waals surface area contributed by atoms with Crippen LogP contribution < -0.4 is 62.8 Å². The molecular weight excluding hydrogens is 1290 g/mol. The first-order valence-corrected chi connectivity index (χ1v) is 40.2. The van der Waals surface area contributed by atoms with Gasteiger partial charge in [0.1, 0.15) is 0 Å². The molecule has 2 aliphatic rings. The zero-order chi connectivity index (χ0) is 78.6. The second-order valence-corrected chi connectivity index (χ2v) is 37.9. The lowest BCUT2D eigenvalue weighted by Crippen LogP contribution is -2.78. The summed E-state index contributed by atoms with van der Waals surface area (Å²) in [6, 6.07) is 110. The summed E-state index contributed by atoms with van der Waals surface area (Å²) in [7, 11) is -7.76. The van der Waals surface area contributed by atoms with Gasteiger partial charge >= 0.3 is 0 Å². The second kappa shape index (κ2) is 26.7. The van der Waals surface area contributed by atoms with Gasteiger partial charge in [0.15, 0.2) is 16.1 Å². The standard InChI is InChI=1S/C98H80BNSSi2/c1-97(2,3)77-57-59-93-90(65-77)99-89-64-75(56-58-91(89)100(92-66-78(98(4,5)6)67-94(101-93)95(92)99)96-87(71-38-19-9-20-39-71)54-33-55-88(96)72-40-21-10-22-41-72)76-62-85(102(79-44-23-11-24-45-79,80-46-25-12-26-47-80)83-52-31-42-73(60-83)69-34-15-7-16-35-69)68-86(63-76)103(81-48-27-13-28-49-81,82-50-29-14-30-51-82)84-53-32-43-74(61-84)70-36-17-8-18-37-70/h7-68H,1-6H3/i7D,8D,15D,16D,17D,18D,34D,35D,36D,37D. The van der Waals surface area contributed by atoms with Crippen LogP contribution in [0.1, 0.15) is 66.4 Å². The van der Waals surface area contributed by atoms with Gasteiger partial charge in [0.25, 0.3) is 0 Å². The van der Waals surface area contributed by atoms with E-state index in [0.717, 1.165) is 97.4 Å². The van der Waals surface area contributed by atoms with E-state index in [1.165, 1.54) is 31.8 Å². The summed E-state index contributed by atoms with van der Waals surface area (Å²) in [4.78, 5) is 5.00. The van der Waals surface area contributed by atoms with E-state index in [9.17, 15) is 5.48 Å². The molecule has 0 aromatic heterocycles. The van der Waals surface area contributed by atoms with Crippen LogP contribution in [0.5, 0.6) is 0 Å². The largest absolute Gasteiger partial charge is 0.310 e. The Morgan fingerprint density at radius 3 is 1.16 bits per heavy atom. The maximum atomic E-state index is 9.50. The third kappa shape index (κ3) is 11.6. The van der Waals surface area contributed by atoms with Crippen LogP contribution in [0, 0.1) is 0 Å². The summed E-state index contributed by atoms with van der Waals surface area (Å²) >= 11 is 1.86. The van der Waals surface area contributed by atoms with Crippen molar-refractivity contribution in [2.45, 2.75) is 62.2 Å². The highest BCUT2D eigenvalue weighted by Gasteiger charge is 2.48. The monoisotopic (exact) mass is 1380 g/mol. The van der Waals surface area contributed by atoms with Gasteiger partial charge in [-0.1, -0.05) is 410 Å². The van der Waals surface area contributed by atoms with E-state index in [2.05, 4.69) is 313 Å². The summed E-state index contributed by atoms with van der Waals surface area (Å²) in [5, 5.41) is 8.00. The molecule has 2 heterocycles. The minimum Gasteiger partial charge on any atom is -0.310 e. The maximum absolute atomic E-state index is 9.50. The topological polar surface area (TPSA) is 3.24 Å². The van der Waals surface area contributed by atoms with Crippen molar-refractivity contribution in [3.05, 3.63) is 387 Å². The minimum absolute atomic E-state index is 0.108. The summed E-state index contributed by atoms with van der Waals surface area (Å²) in [6.45, 7) is 13.6. The second-order valence-electron chi connectivity index (χ2n) is 29.2. The Bertz CT molecular complexity index is 5850. The highest BCUT2D eigenvalue weighted by Crippen LogP contribution is 2.50. The van der Waals surface area contributed by atoms with Crippen molar-refractivity contribution in [2.75, 3.05) is 4.90 Å². The number of hydrogen-bond donors (Lipinski definition) is 0. The van der Waals surface area contributed by atoms with E-state index in [-0.39, 0.29) is 52.8 Å². The molecule has 0 unspecified atom stereocenters. The number of fused-ring (bicyclic) bond motifs is 4. The van der Waals surface area contributed by atoms with Crippen LogP contribution in [0.25, 0.3) is 55.6 Å². The number of para-hydroxylation sites is 1. The van der Waals surface area contributed by atoms with E-state index in [1.807, 2.05) is 60.3 Å². The van der Waals surface area contributed by atoms with Gasteiger partial charge in [-0.3, -0.25) is 0 Å². The molecule has 0 saturated heterocycles. The van der Waals surface area contributed by atoms with Gasteiger partial charge in [-0.25, -0.2) is 0 Å². The third-order valence-electron chi connectivity index (χ3n) is 21.1. The summed E-state index contributed by atoms with van der Waals surface area (Å²) in [5.74, 6) is 0. The van der Waals surface area contributed by atoms with Crippen molar-refractivity contribution in [3.8, 4) is 55.6 Å². The zero-order valence-electron chi connectivity index (χ0n) is 68.5. The molecule has 0 aliphatic carbocycles. The number of nitrogens with zero attached hydrogens (tertiary/aromatic N) is 1. The molecule has 0 radical (unpaired) electrons. The van der Waals surface area contributed by atoms with Crippen LogP contribution >= 0.6 is 11.8 Å². The molecule has 494 valence electrons. The molecule has 15 aromatic rings. The highest BCUT2D eigenvalue weighted by atomic mass is 32.2. The third-order valence-corrected chi connectivity index (χ3v) is 31.7. The first-order valence-electron chi connectivity index (χ1n) is 40.4. The number of benzene rings is 15. The normalized spacial score (nSPS) is 14.0. The van der Waals surface area contributed by atoms with Crippen LogP contribution in [0.15, 0.2) is 386 Å². The van der Waals surface area contributed by atoms with Gasteiger partial charge < -0.3 is 4.90 Å². The summed E-state index contributed by atoms with van der Waals surface area (Å²) in [5.41, 5.74) is 16.3. The predicted molar refractivity (Wildman–Crippen MR) is 448 cm³/mol. The SMILES string of the molecule is [2H]c1c([2H])c([2H])c(-c2cccc([Si](c3ccccc3)(c3ccccc3)c3cc(-c4ccc5c(c4)B4c6cc(C(C)(C)C)ccc6Sc6cc(C(C)(C)C)cc(c64)N5c4c(-c5ccccc5)cccc4-c4ccccc4)cc([Si](c4ccccc4)(c4ccccc4)c4cccc(-c5c([2H])c([2H])c([2H])c([2H])c5[2H])c4)c3)c2)c([2H])c1[2H]. The van der Waals surface area contributed by atoms with Crippen LogP contribution in [0.4, 0.5) is 17.1 Å². The maximum Gasteiger partial charge on any atom is 0.249 e. The minimum atomic E-state index is -3.88. The number of anilines is 3. The molecule has 2 aliphatic heterocycles. The number of rotatable bonds is 14. The van der Waals surface area contributed by atoms with Crippen molar-refractivity contribution >= 4 is 110 Å². The average Bonchev–Trinajstić information content (AvgIpc) is 0.697. The molecule has 0 N–H and O–H groups in total. The molecule has 0 bridgehead atoms. The average molecular weight is 1380 g/mol. The molecular formula is C98H80BNSSi2. The van der Waals surface area contributed by atoms with Crippen molar-refractivity contribution < 1.29 is 13.7 Å². The first kappa shape index (κ1) is 54.7. The Labute approximate surface area is 629 Å². The lowest BCUT2D eigenvalue weighted by atomic mass is 9.34. The predicted octanol–water partition coefficient (Wildman–Crippen LogP) is 18.1. The van der Waals surface area contributed by atoms with E-state index in [1.54, 1.807) is 0 Å². The van der Waals surface area contributed by atoms with Gasteiger partial charge in [-0.15, -0.1) is 0 Å². The van der Waals surface area contributed by atoms with Gasteiger partial charge in [0.05, 0.1) is 19.4 Å². The van der Waals surface area contributed by atoms with Crippen molar-refractivity contribution in [1.82, 2.24) is 0 Å². The lowest BCUT2D eigenvalue weighted by molar-refractivity contribution is 0.589. The molecule has 103 heavy (non-hydrogen) atoms. The Kier molecular flexibility index (Phi) is 14.2. The molecule has 1 nitrogen and oxygen atoms in total. The molecule has 0 fully saturated rings. The Morgan fingerprint density at radius 2 is 0.699 bits per heavy atom. The van der Waals surface area contributed by atoms with Gasteiger partial charge in [-0.05, 0) is 143 Å². The molecule has 0 spiro atoms. The molecule has 5 heteroatoms. The van der Waals surface area contributed by atoms with Crippen molar-refractivity contribution in [3.63, 3.8) is 0 Å². The van der Waals surface area contributed by atoms with Crippen LogP contribution in [0.2, 0.25) is 0 Å². The Morgan fingerprint density at radius 1 is 0.291 bits per heavy atom.